The van der Waals surface area contributed by atoms with Gasteiger partial charge in [-0.2, -0.15) is 0 Å². The number of carbonyl (C=O) groups excluding carboxylic acids is 2. The van der Waals surface area contributed by atoms with Crippen molar-refractivity contribution in [2.75, 3.05) is 0 Å². The average molecular weight is 659 g/mol. The number of aromatic nitrogens is 4. The van der Waals surface area contributed by atoms with Crippen molar-refractivity contribution in [1.82, 2.24) is 19.9 Å². The van der Waals surface area contributed by atoms with Crippen LogP contribution in [-0.2, 0) is 42.8 Å². The number of nitrogens with one attached hydrogen (secondary N) is 2. The minimum atomic E-state index is -1.69. The van der Waals surface area contributed by atoms with Crippen molar-refractivity contribution in [2.45, 2.75) is 77.0 Å². The summed E-state index contributed by atoms with van der Waals surface area (Å²) in [5, 5.41) is 38.4. The number of hydrogen-bond donors (Lipinski definition) is 6. The Bertz CT molecular complexity index is 2110. The summed E-state index contributed by atoms with van der Waals surface area (Å²) in [5.74, 6) is -5.87. The average Bonchev–Trinajstić information content (AvgIpc) is 3.58. The fraction of sp³-hybridized carbons (Fsp3) is 0.353. The molecule has 2 aliphatic rings. The molecule has 0 fully saturated rings. The van der Waals surface area contributed by atoms with Gasteiger partial charge in [-0.05, 0) is 87.1 Å². The standard InChI is InChI=1S/C34H34N4O10/c1-15-17(5-7-27(39)40)21-10-22-18(6-8-28(41)42)16(2)20(36-22)11-25-33(3,13-29(43)44)32(48)24(38-25)12-26-34(4,14-30(45)46)31(47)23(37-26)9-19(15)35-21/h9-12,35-36H,5-8,13-14H2,1-4H3,(H,39,40)(H,41,42)(H,43,44)(H,45,46)/t33-,34+/m1/s1. The number of carbonyl (C=O) groups is 6. The molecule has 0 amide bonds. The highest BCUT2D eigenvalue weighted by Crippen LogP contribution is 2.39. The highest BCUT2D eigenvalue weighted by atomic mass is 16.4. The van der Waals surface area contributed by atoms with Gasteiger partial charge < -0.3 is 30.4 Å². The van der Waals surface area contributed by atoms with E-state index in [1.54, 1.807) is 19.9 Å². The summed E-state index contributed by atoms with van der Waals surface area (Å²) in [6, 6.07) is 5.93. The van der Waals surface area contributed by atoms with Gasteiger partial charge in [0.2, 0.25) is 0 Å². The molecule has 0 saturated carbocycles. The molecule has 0 aromatic carbocycles. The largest absolute Gasteiger partial charge is 0.481 e. The minimum Gasteiger partial charge on any atom is -0.481 e. The van der Waals surface area contributed by atoms with Gasteiger partial charge in [0.25, 0.3) is 0 Å². The van der Waals surface area contributed by atoms with Crippen molar-refractivity contribution in [3.05, 3.63) is 69.3 Å². The molecule has 0 spiro atoms. The molecule has 0 aliphatic carbocycles. The second kappa shape index (κ2) is 12.2. The van der Waals surface area contributed by atoms with Crippen molar-refractivity contribution >= 4 is 57.5 Å². The lowest BCUT2D eigenvalue weighted by Crippen LogP contribution is -2.32. The number of nitrogens with zero attached hydrogens (tertiary/aromatic N) is 2. The van der Waals surface area contributed by atoms with E-state index in [4.69, 9.17) is 0 Å². The van der Waals surface area contributed by atoms with Crippen LogP contribution in [-0.4, -0.2) is 75.8 Å². The van der Waals surface area contributed by atoms with Crippen LogP contribution in [0.5, 0.6) is 0 Å². The highest BCUT2D eigenvalue weighted by Gasteiger charge is 2.47. The lowest BCUT2D eigenvalue weighted by Gasteiger charge is -2.20. The minimum absolute atomic E-state index is 0.0318. The van der Waals surface area contributed by atoms with E-state index in [9.17, 15) is 49.2 Å². The fourth-order valence-electron chi connectivity index (χ4n) is 6.48. The molecule has 250 valence electrons. The van der Waals surface area contributed by atoms with Gasteiger partial charge in [0.1, 0.15) is 11.4 Å². The molecule has 3 aromatic heterocycles. The Morgan fingerprint density at radius 3 is 1.42 bits per heavy atom. The summed E-state index contributed by atoms with van der Waals surface area (Å²) in [6.45, 7) is 6.34. The van der Waals surface area contributed by atoms with Crippen LogP contribution in [0.3, 0.4) is 0 Å². The molecule has 2 atom stereocenters. The van der Waals surface area contributed by atoms with Crippen molar-refractivity contribution < 1.29 is 49.2 Å². The summed E-state index contributed by atoms with van der Waals surface area (Å²) >= 11 is 0. The predicted molar refractivity (Wildman–Crippen MR) is 170 cm³/mol. The molecular formula is C34H34N4O10. The zero-order chi connectivity index (χ0) is 35.3. The molecular weight excluding hydrogens is 624 g/mol. The Balaban J connectivity index is 1.97. The molecule has 0 saturated heterocycles. The lowest BCUT2D eigenvalue weighted by atomic mass is 9.78. The van der Waals surface area contributed by atoms with Crippen LogP contribution < -0.4 is 0 Å². The maximum absolute atomic E-state index is 13.9. The maximum Gasteiger partial charge on any atom is 0.304 e. The normalized spacial score (nSPS) is 19.0. The molecule has 5 heterocycles. The number of rotatable bonds is 10. The summed E-state index contributed by atoms with van der Waals surface area (Å²) in [5.41, 5.74) is 0.805. The number of aromatic amines is 2. The van der Waals surface area contributed by atoms with Gasteiger partial charge in [0.05, 0.1) is 35.1 Å². The Morgan fingerprint density at radius 1 is 0.604 bits per heavy atom. The van der Waals surface area contributed by atoms with Gasteiger partial charge >= 0.3 is 23.9 Å². The molecule has 0 unspecified atom stereocenters. The molecule has 6 N–H and O–H groups in total. The SMILES string of the molecule is Cc1c(CCC(=O)O)c2cc3[nH]c(cc4nc(cc5nc(cc1[nH]2)C(=O)[C@@]5(C)CC(=O)O)C(=O)[C@]4(C)CC(=O)O)c(C)c3CCC(=O)O. The third-order valence-corrected chi connectivity index (χ3v) is 9.29. The fourth-order valence-corrected chi connectivity index (χ4v) is 6.48. The second-order valence-electron chi connectivity index (χ2n) is 12.7. The van der Waals surface area contributed by atoms with E-state index in [1.165, 1.54) is 32.0 Å². The molecule has 2 aliphatic heterocycles. The van der Waals surface area contributed by atoms with Gasteiger partial charge in [-0.3, -0.25) is 28.8 Å². The molecule has 14 nitrogen and oxygen atoms in total. The number of H-pyrrole nitrogens is 2. The third kappa shape index (κ3) is 5.96. The zero-order valence-electron chi connectivity index (χ0n) is 26.7. The van der Waals surface area contributed by atoms with E-state index < -0.39 is 59.1 Å². The van der Waals surface area contributed by atoms with E-state index in [0.29, 0.717) is 44.3 Å². The number of carboxylic acid groups (broad SMARTS) is 4. The molecule has 14 heteroatoms. The van der Waals surface area contributed by atoms with Crippen LogP contribution >= 0.6 is 0 Å². The van der Waals surface area contributed by atoms with Crippen LogP contribution in [0.2, 0.25) is 0 Å². The van der Waals surface area contributed by atoms with Crippen LogP contribution in [0.1, 0.15) is 94.1 Å². The number of Topliss-reactive ketones (excluding diaryl/α,β-unsaturated/α-hetero) is 2. The predicted octanol–water partition coefficient (Wildman–Crippen LogP) is 4.20. The number of fused-ring (bicyclic) bond motifs is 8. The smallest absolute Gasteiger partial charge is 0.304 e. The van der Waals surface area contributed by atoms with Crippen LogP contribution in [0.4, 0.5) is 0 Å². The number of ketones is 2. The van der Waals surface area contributed by atoms with Gasteiger partial charge in [0.15, 0.2) is 11.6 Å². The van der Waals surface area contributed by atoms with E-state index in [1.807, 2.05) is 0 Å². The summed E-state index contributed by atoms with van der Waals surface area (Å²) in [7, 11) is 0. The van der Waals surface area contributed by atoms with Crippen LogP contribution in [0.25, 0.3) is 22.1 Å². The quantitative estimate of drug-likeness (QED) is 0.180. The van der Waals surface area contributed by atoms with Crippen molar-refractivity contribution in [1.29, 1.82) is 0 Å². The zero-order valence-corrected chi connectivity index (χ0v) is 26.7. The Hall–Kier alpha value is -5.66. The van der Waals surface area contributed by atoms with Crippen LogP contribution in [0.15, 0.2) is 24.3 Å². The first-order valence-corrected chi connectivity index (χ1v) is 15.2. The van der Waals surface area contributed by atoms with Gasteiger partial charge in [0, 0.05) is 34.9 Å². The number of hydrogen-bond acceptors (Lipinski definition) is 8. The van der Waals surface area contributed by atoms with Gasteiger partial charge in [-0.25, -0.2) is 9.97 Å². The monoisotopic (exact) mass is 658 g/mol. The Labute approximate surface area is 272 Å². The molecule has 3 aromatic rings. The molecule has 8 bridgehead atoms. The van der Waals surface area contributed by atoms with Gasteiger partial charge in [-0.1, -0.05) is 0 Å². The lowest BCUT2D eigenvalue weighted by molar-refractivity contribution is -0.139. The number of aryl methyl sites for hydroxylation is 4. The molecule has 0 radical (unpaired) electrons. The maximum atomic E-state index is 13.9. The molecule has 5 rings (SSSR count). The Morgan fingerprint density at radius 2 is 1.00 bits per heavy atom. The van der Waals surface area contributed by atoms with Gasteiger partial charge in [-0.15, -0.1) is 0 Å². The van der Waals surface area contributed by atoms with E-state index in [-0.39, 0.29) is 48.5 Å². The first kappa shape index (κ1) is 33.7. The van der Waals surface area contributed by atoms with Crippen LogP contribution in [0, 0.1) is 13.8 Å². The molecule has 48 heavy (non-hydrogen) atoms. The summed E-state index contributed by atoms with van der Waals surface area (Å²) in [4.78, 5) is 90.3. The second-order valence-corrected chi connectivity index (χ2v) is 12.7. The Kier molecular flexibility index (Phi) is 8.55. The topological polar surface area (TPSA) is 241 Å². The summed E-state index contributed by atoms with van der Waals surface area (Å²) in [6.07, 6.45) is -1.44. The van der Waals surface area contributed by atoms with E-state index in [0.717, 1.165) is 0 Å². The van der Waals surface area contributed by atoms with E-state index >= 15 is 0 Å². The van der Waals surface area contributed by atoms with Crippen molar-refractivity contribution in [2.24, 2.45) is 0 Å². The number of carboxylic acids is 4. The van der Waals surface area contributed by atoms with E-state index in [2.05, 4.69) is 19.9 Å². The van der Waals surface area contributed by atoms with Crippen molar-refractivity contribution in [3.8, 4) is 0 Å². The highest BCUT2D eigenvalue weighted by molar-refractivity contribution is 6.09. The first-order valence-electron chi connectivity index (χ1n) is 15.2. The van der Waals surface area contributed by atoms with Crippen molar-refractivity contribution in [3.63, 3.8) is 0 Å². The third-order valence-electron chi connectivity index (χ3n) is 9.29. The first-order chi connectivity index (χ1) is 22.4. The number of aliphatic carboxylic acids is 4. The summed E-state index contributed by atoms with van der Waals surface area (Å²) < 4.78 is 0.